The molecular formula is C36H29N5O4. The summed E-state index contributed by atoms with van der Waals surface area (Å²) in [7, 11) is 0. The summed E-state index contributed by atoms with van der Waals surface area (Å²) in [5.41, 5.74) is 15.5. The van der Waals surface area contributed by atoms with E-state index in [1.165, 1.54) is 5.56 Å². The Balaban J connectivity index is 1.37. The zero-order chi connectivity index (χ0) is 30.2. The molecule has 10 rings (SSSR count). The Morgan fingerprint density at radius 1 is 1.02 bits per heavy atom. The molecule has 1 spiro atoms. The lowest BCUT2D eigenvalue weighted by Crippen LogP contribution is -2.45. The molecule has 9 heteroatoms. The average molecular weight is 596 g/mol. The van der Waals surface area contributed by atoms with Crippen molar-refractivity contribution in [3.8, 4) is 28.5 Å². The van der Waals surface area contributed by atoms with Gasteiger partial charge in [0, 0.05) is 28.0 Å². The number of carbonyl (C=O) groups excluding carboxylic acids is 1. The summed E-state index contributed by atoms with van der Waals surface area (Å²) in [6.45, 7) is 4.05. The maximum Gasteiger partial charge on any atom is 0.249 e. The van der Waals surface area contributed by atoms with Gasteiger partial charge in [-0.05, 0) is 47.1 Å². The van der Waals surface area contributed by atoms with Crippen LogP contribution in [0.2, 0.25) is 0 Å². The maximum absolute atomic E-state index is 13.4. The van der Waals surface area contributed by atoms with Gasteiger partial charge in [0.1, 0.15) is 17.2 Å². The molecule has 4 N–H and O–H groups in total. The van der Waals surface area contributed by atoms with Crippen LogP contribution in [-0.2, 0) is 23.1 Å². The van der Waals surface area contributed by atoms with Gasteiger partial charge in [0.05, 0.1) is 12.2 Å². The molecule has 4 atom stereocenters. The lowest BCUT2D eigenvalue weighted by atomic mass is 9.72. The summed E-state index contributed by atoms with van der Waals surface area (Å²) < 4.78 is 20.3. The number of para-hydroxylation sites is 1. The first-order chi connectivity index (χ1) is 21.9. The highest BCUT2D eigenvalue weighted by molar-refractivity contribution is 5.97. The number of nitrogens with two attached hydrogens (primary N) is 1. The third kappa shape index (κ3) is 3.13. The van der Waals surface area contributed by atoms with E-state index in [1.807, 2.05) is 26.0 Å². The van der Waals surface area contributed by atoms with Crippen LogP contribution in [0, 0.1) is 5.92 Å². The number of ether oxygens (including phenoxy) is 1. The van der Waals surface area contributed by atoms with Crippen molar-refractivity contribution >= 4 is 17.2 Å². The monoisotopic (exact) mass is 595 g/mol. The van der Waals surface area contributed by atoms with E-state index in [-0.39, 0.29) is 11.8 Å². The number of allylic oxidation sites excluding steroid dienone is 1. The molecule has 4 aliphatic heterocycles. The van der Waals surface area contributed by atoms with Gasteiger partial charge in [-0.25, -0.2) is 9.97 Å². The second kappa shape index (κ2) is 8.51. The second-order valence-electron chi connectivity index (χ2n) is 13.0. The minimum absolute atomic E-state index is 0.0377. The molecule has 2 unspecified atom stereocenters. The van der Waals surface area contributed by atoms with Crippen molar-refractivity contribution in [1.29, 1.82) is 0 Å². The highest BCUT2D eigenvalue weighted by atomic mass is 16.5. The van der Waals surface area contributed by atoms with Crippen molar-refractivity contribution in [3.05, 3.63) is 112 Å². The number of hydrogen-bond donors (Lipinski definition) is 3. The lowest BCUT2D eigenvalue weighted by molar-refractivity contribution is -0.123. The molecule has 45 heavy (non-hydrogen) atoms. The van der Waals surface area contributed by atoms with Gasteiger partial charge in [-0.3, -0.25) is 4.79 Å². The Labute approximate surface area is 258 Å². The number of carbonyl (C=O) groups is 1. The molecule has 0 fully saturated rings. The smallest absolute Gasteiger partial charge is 0.249 e. The van der Waals surface area contributed by atoms with Crippen LogP contribution in [0.3, 0.4) is 0 Å². The first-order valence-electron chi connectivity index (χ1n) is 15.5. The van der Waals surface area contributed by atoms with Crippen molar-refractivity contribution in [1.82, 2.24) is 15.3 Å². The zero-order valence-electron chi connectivity index (χ0n) is 24.7. The van der Waals surface area contributed by atoms with Crippen molar-refractivity contribution in [3.63, 3.8) is 0 Å². The van der Waals surface area contributed by atoms with Crippen molar-refractivity contribution in [2.24, 2.45) is 11.7 Å². The van der Waals surface area contributed by atoms with Crippen molar-refractivity contribution in [2.45, 2.75) is 50.4 Å². The first kappa shape index (κ1) is 25.2. The Morgan fingerprint density at radius 3 is 2.78 bits per heavy atom. The Hall–Kier alpha value is -5.15. The van der Waals surface area contributed by atoms with Crippen LogP contribution in [0.4, 0.5) is 5.69 Å². The molecule has 1 amide bonds. The normalized spacial score (nSPS) is 24.5. The third-order valence-corrected chi connectivity index (χ3v) is 10.1. The van der Waals surface area contributed by atoms with Crippen LogP contribution < -0.4 is 21.1 Å². The second-order valence-corrected chi connectivity index (χ2v) is 13.0. The van der Waals surface area contributed by atoms with Crippen molar-refractivity contribution < 1.29 is 18.4 Å². The molecule has 3 aromatic carbocycles. The highest BCUT2D eigenvalue weighted by Crippen LogP contribution is 2.61. The molecule has 0 radical (unpaired) electrons. The van der Waals surface area contributed by atoms with Crippen LogP contribution in [0.25, 0.3) is 28.3 Å². The van der Waals surface area contributed by atoms with E-state index < -0.39 is 23.7 Å². The van der Waals surface area contributed by atoms with Crippen LogP contribution >= 0.6 is 0 Å². The van der Waals surface area contributed by atoms with E-state index in [0.29, 0.717) is 35.4 Å². The van der Waals surface area contributed by atoms with Gasteiger partial charge in [-0.15, -0.1) is 0 Å². The van der Waals surface area contributed by atoms with E-state index in [2.05, 4.69) is 59.2 Å². The highest BCUT2D eigenvalue weighted by Gasteiger charge is 2.61. The number of benzene rings is 3. The largest absolute Gasteiger partial charge is 0.469 e. The fourth-order valence-corrected chi connectivity index (χ4v) is 8.01. The third-order valence-electron chi connectivity index (χ3n) is 10.1. The van der Waals surface area contributed by atoms with Crippen LogP contribution in [-0.4, -0.2) is 28.1 Å². The number of fused-ring (bicyclic) bond motifs is 7. The lowest BCUT2D eigenvalue weighted by Gasteiger charge is -2.28. The van der Waals surface area contributed by atoms with Gasteiger partial charge >= 0.3 is 0 Å². The Kier molecular flexibility index (Phi) is 4.77. The van der Waals surface area contributed by atoms with E-state index in [9.17, 15) is 4.79 Å². The van der Waals surface area contributed by atoms with E-state index in [0.717, 1.165) is 56.8 Å². The predicted molar refractivity (Wildman–Crippen MR) is 166 cm³/mol. The number of amides is 1. The van der Waals surface area contributed by atoms with E-state index >= 15 is 0 Å². The van der Waals surface area contributed by atoms with E-state index in [1.54, 1.807) is 6.20 Å². The first-order valence-corrected chi connectivity index (χ1v) is 15.5. The van der Waals surface area contributed by atoms with Crippen molar-refractivity contribution in [2.75, 3.05) is 5.32 Å². The minimum atomic E-state index is -0.934. The maximum atomic E-state index is 13.4. The minimum Gasteiger partial charge on any atom is -0.469 e. The van der Waals surface area contributed by atoms with Gasteiger partial charge in [-0.2, -0.15) is 0 Å². The van der Waals surface area contributed by atoms with Gasteiger partial charge in [0.15, 0.2) is 23.4 Å². The number of rotatable bonds is 1. The number of anilines is 1. The Bertz CT molecular complexity index is 2160. The SMILES string of the molecule is CC(C)C1NC(=O)[C@@H](N)Cc2ccc3c(c2)[C@]24c5cccc(c5NC2O3)-c2cccc3c2C(=CC3)c2cnc(o2)-c2nc1oc24. The van der Waals surface area contributed by atoms with Crippen LogP contribution in [0.5, 0.6) is 5.75 Å². The summed E-state index contributed by atoms with van der Waals surface area (Å²) in [5.74, 6) is 2.40. The predicted octanol–water partition coefficient (Wildman–Crippen LogP) is 5.47. The summed E-state index contributed by atoms with van der Waals surface area (Å²) >= 11 is 0. The van der Waals surface area contributed by atoms with Gasteiger partial charge in [0.25, 0.3) is 0 Å². The molecule has 2 aromatic heterocycles. The van der Waals surface area contributed by atoms with Gasteiger partial charge < -0.3 is 29.9 Å². The molecule has 5 aromatic rings. The fourth-order valence-electron chi connectivity index (χ4n) is 8.01. The quantitative estimate of drug-likeness (QED) is 0.233. The topological polar surface area (TPSA) is 128 Å². The summed E-state index contributed by atoms with van der Waals surface area (Å²) in [5, 5.41) is 6.93. The molecule has 5 aliphatic rings. The number of nitrogens with zero attached hydrogens (tertiary/aromatic N) is 2. The molecule has 222 valence electrons. The summed E-state index contributed by atoms with van der Waals surface area (Å²) in [6, 6.07) is 17.7. The molecule has 1 aliphatic carbocycles. The van der Waals surface area contributed by atoms with Crippen LogP contribution in [0.1, 0.15) is 65.1 Å². The molecular weight excluding hydrogens is 566 g/mol. The average Bonchev–Trinajstić information content (AvgIpc) is 3.84. The van der Waals surface area contributed by atoms with Gasteiger partial charge in [0.2, 0.25) is 17.7 Å². The van der Waals surface area contributed by atoms with Crippen LogP contribution in [0.15, 0.2) is 75.7 Å². The summed E-state index contributed by atoms with van der Waals surface area (Å²) in [6.07, 6.45) is 4.62. The number of nitrogens with one attached hydrogen (secondary N) is 2. The standard InChI is InChI=1S/C36H29N5O4/c1-16(2)28-34-40-30-31(45-34)36-22-8-4-7-20(19-6-3-5-18-10-11-21(27(18)19)26-15-38-33(30)43-26)29(22)41-35(36)44-25-12-9-17(13-23(25)36)14-24(37)32(42)39-28/h3-9,11-13,15-16,24,28,35,41H,10,14,37H2,1-2H3,(H,39,42)/t24-,28?,35?,36-/m0/s1. The van der Waals surface area contributed by atoms with E-state index in [4.69, 9.17) is 29.3 Å². The zero-order valence-corrected chi connectivity index (χ0v) is 24.7. The molecule has 6 heterocycles. The number of oxazole rings is 2. The molecule has 0 saturated carbocycles. The molecule has 10 bridgehead atoms. The molecule has 9 nitrogen and oxygen atoms in total. The Morgan fingerprint density at radius 2 is 1.89 bits per heavy atom. The van der Waals surface area contributed by atoms with Gasteiger partial charge in [-0.1, -0.05) is 68.5 Å². The summed E-state index contributed by atoms with van der Waals surface area (Å²) in [4.78, 5) is 23.3. The number of hydrogen-bond acceptors (Lipinski definition) is 8. The number of aromatic nitrogens is 2. The molecule has 0 saturated heterocycles. The fraction of sp³-hybridized carbons (Fsp3) is 0.250.